The first-order chi connectivity index (χ1) is 36.1. The zero-order valence-electron chi connectivity index (χ0n) is 41.4. The molecule has 2 aliphatic rings. The number of guanidine groups is 2. The molecule has 6 aromatic rings. The van der Waals surface area contributed by atoms with Crippen molar-refractivity contribution in [3.8, 4) is 0 Å². The predicted molar refractivity (Wildman–Crippen MR) is 314 cm³/mol. The van der Waals surface area contributed by atoms with Gasteiger partial charge in [-0.05, 0) is 107 Å². The van der Waals surface area contributed by atoms with Crippen LogP contribution in [0, 0.1) is 11.8 Å². The molecular weight excluding hydrogens is 1120 g/mol. The summed E-state index contributed by atoms with van der Waals surface area (Å²) in [6, 6.07) is 43.0. The van der Waals surface area contributed by atoms with Gasteiger partial charge in [0, 0.05) is 31.9 Å². The molecule has 0 saturated carbocycles. The van der Waals surface area contributed by atoms with Crippen molar-refractivity contribution in [2.24, 2.45) is 37.8 Å². The lowest BCUT2D eigenvalue weighted by Crippen LogP contribution is -2.44. The van der Waals surface area contributed by atoms with Crippen molar-refractivity contribution in [1.82, 2.24) is 19.5 Å². The van der Waals surface area contributed by atoms with E-state index in [2.05, 4.69) is 19.4 Å². The van der Waals surface area contributed by atoms with Crippen molar-refractivity contribution in [1.29, 1.82) is 0 Å². The molecule has 1 amide bonds. The SMILES string of the molecule is C.C.CC(C)C(N=C(NS(=O)(=O)c1ccc(Cl)cc1)N1CC(c2ccccc2)C(c2ccc(Cl)cc2)=N1)C(=O)O.CC(C)C(N=C(NS(=O)(=O)c1ccc(Cl)cc1)N1CC(c2ccccc2)C(c2ccc(Cl)cc2)=N1)C(N)=O. The van der Waals surface area contributed by atoms with Gasteiger partial charge in [0.1, 0.15) is 6.04 Å². The number of amides is 1. The molecule has 8 rings (SSSR count). The van der Waals surface area contributed by atoms with Crippen LogP contribution >= 0.6 is 46.4 Å². The van der Waals surface area contributed by atoms with Crippen molar-refractivity contribution >= 4 is 102 Å². The average molecular weight is 1180 g/mol. The summed E-state index contributed by atoms with van der Waals surface area (Å²) in [6.45, 7) is 7.47. The van der Waals surface area contributed by atoms with Gasteiger partial charge in [0.25, 0.3) is 20.0 Å². The summed E-state index contributed by atoms with van der Waals surface area (Å²) >= 11 is 24.1. The Bertz CT molecular complexity index is 3150. The highest BCUT2D eigenvalue weighted by Crippen LogP contribution is 2.32. The van der Waals surface area contributed by atoms with Gasteiger partial charge in [0.15, 0.2) is 6.04 Å². The molecular formula is C56H61Cl4N9O7S2. The van der Waals surface area contributed by atoms with E-state index in [0.29, 0.717) is 31.5 Å². The average Bonchev–Trinajstić information content (AvgIpc) is 4.05. The van der Waals surface area contributed by atoms with E-state index in [4.69, 9.17) is 62.3 Å². The van der Waals surface area contributed by atoms with Crippen LogP contribution < -0.4 is 15.2 Å². The van der Waals surface area contributed by atoms with Crippen molar-refractivity contribution in [2.45, 2.75) is 76.3 Å². The Hall–Kier alpha value is -6.80. The van der Waals surface area contributed by atoms with E-state index in [0.717, 1.165) is 22.3 Å². The van der Waals surface area contributed by atoms with E-state index >= 15 is 0 Å². The molecule has 2 heterocycles. The second-order valence-electron chi connectivity index (χ2n) is 18.2. The molecule has 16 nitrogen and oxygen atoms in total. The summed E-state index contributed by atoms with van der Waals surface area (Å²) in [4.78, 5) is 33.0. The minimum absolute atomic E-state index is 0. The summed E-state index contributed by atoms with van der Waals surface area (Å²) in [5, 5.41) is 24.1. The quantitative estimate of drug-likeness (QED) is 0.0600. The van der Waals surface area contributed by atoms with Crippen LogP contribution in [-0.4, -0.2) is 92.4 Å². The zero-order valence-corrected chi connectivity index (χ0v) is 46.0. The second-order valence-corrected chi connectivity index (χ2v) is 23.3. The van der Waals surface area contributed by atoms with Gasteiger partial charge in [-0.1, -0.05) is 174 Å². The van der Waals surface area contributed by atoms with E-state index < -0.39 is 49.9 Å². The Morgan fingerprint density at radius 3 is 1.14 bits per heavy atom. The van der Waals surface area contributed by atoms with Crippen LogP contribution in [0.5, 0.6) is 0 Å². The largest absolute Gasteiger partial charge is 0.480 e. The third-order valence-electron chi connectivity index (χ3n) is 12.0. The van der Waals surface area contributed by atoms with Crippen LogP contribution in [-0.2, 0) is 29.6 Å². The normalized spacial score (nSPS) is 16.4. The van der Waals surface area contributed by atoms with Crippen LogP contribution in [0.3, 0.4) is 0 Å². The van der Waals surface area contributed by atoms with Crippen molar-refractivity contribution in [2.75, 3.05) is 13.1 Å². The molecule has 0 radical (unpaired) electrons. The first-order valence-electron chi connectivity index (χ1n) is 23.7. The summed E-state index contributed by atoms with van der Waals surface area (Å²) in [7, 11) is -8.24. The molecule has 0 bridgehead atoms. The van der Waals surface area contributed by atoms with Gasteiger partial charge >= 0.3 is 5.97 Å². The summed E-state index contributed by atoms with van der Waals surface area (Å²) in [5.74, 6) is -3.30. The number of carbonyl (C=O) groups excluding carboxylic acids is 1. The Kier molecular flexibility index (Phi) is 21.6. The summed E-state index contributed by atoms with van der Waals surface area (Å²) < 4.78 is 58.3. The van der Waals surface area contributed by atoms with Crippen LogP contribution in [0.1, 0.15) is 76.6 Å². The van der Waals surface area contributed by atoms with Crippen molar-refractivity contribution in [3.05, 3.63) is 200 Å². The van der Waals surface area contributed by atoms with Crippen LogP contribution in [0.4, 0.5) is 0 Å². The van der Waals surface area contributed by atoms with Gasteiger partial charge < -0.3 is 10.8 Å². The van der Waals surface area contributed by atoms with Gasteiger partial charge in [-0.15, -0.1) is 0 Å². The van der Waals surface area contributed by atoms with E-state index in [-0.39, 0.29) is 67.4 Å². The molecule has 5 N–H and O–H groups in total. The fourth-order valence-corrected chi connectivity index (χ4v) is 10.6. The van der Waals surface area contributed by atoms with E-state index in [9.17, 15) is 31.5 Å². The number of aliphatic imine (C=N–C) groups is 2. The molecule has 0 aromatic heterocycles. The number of nitrogens with one attached hydrogen (secondary N) is 2. The van der Waals surface area contributed by atoms with Gasteiger partial charge in [-0.3, -0.25) is 4.79 Å². The van der Waals surface area contributed by atoms with Crippen molar-refractivity contribution < 1.29 is 31.5 Å². The zero-order chi connectivity index (χ0) is 54.9. The van der Waals surface area contributed by atoms with Gasteiger partial charge in [0.2, 0.25) is 17.8 Å². The molecule has 22 heteroatoms. The van der Waals surface area contributed by atoms with E-state index in [1.807, 2.05) is 84.9 Å². The smallest absolute Gasteiger partial charge is 0.328 e. The highest BCUT2D eigenvalue weighted by Gasteiger charge is 2.36. The highest BCUT2D eigenvalue weighted by atomic mass is 35.5. The molecule has 0 aliphatic carbocycles. The lowest BCUT2D eigenvalue weighted by atomic mass is 9.91. The molecule has 2 aliphatic heterocycles. The maximum absolute atomic E-state index is 13.3. The minimum Gasteiger partial charge on any atom is -0.480 e. The number of nitrogens with zero attached hydrogens (tertiary/aromatic N) is 6. The van der Waals surface area contributed by atoms with Gasteiger partial charge in [0.05, 0.1) is 34.3 Å². The number of hydrazone groups is 2. The Morgan fingerprint density at radius 1 is 0.538 bits per heavy atom. The number of hydrogen-bond acceptors (Lipinski definition) is 10. The van der Waals surface area contributed by atoms with E-state index in [1.54, 1.807) is 52.0 Å². The Morgan fingerprint density at radius 2 is 0.846 bits per heavy atom. The van der Waals surface area contributed by atoms with Gasteiger partial charge in [-0.2, -0.15) is 10.2 Å². The van der Waals surface area contributed by atoms with Crippen LogP contribution in [0.2, 0.25) is 20.1 Å². The fourth-order valence-electron chi connectivity index (χ4n) is 8.10. The van der Waals surface area contributed by atoms with E-state index in [1.165, 1.54) is 58.5 Å². The lowest BCUT2D eigenvalue weighted by Gasteiger charge is -2.22. The highest BCUT2D eigenvalue weighted by molar-refractivity contribution is 7.90. The summed E-state index contributed by atoms with van der Waals surface area (Å²) in [6.07, 6.45) is 0. The Labute approximate surface area is 476 Å². The maximum Gasteiger partial charge on any atom is 0.328 e. The number of rotatable bonds is 14. The number of sulfonamides is 2. The number of carboxylic acids is 1. The van der Waals surface area contributed by atoms with Gasteiger partial charge in [-0.25, -0.2) is 51.1 Å². The molecule has 6 aromatic carbocycles. The molecule has 4 atom stereocenters. The number of nitrogens with two attached hydrogens (primary N) is 1. The number of hydrogen-bond donors (Lipinski definition) is 4. The number of halogens is 4. The number of carbonyl (C=O) groups is 2. The molecule has 412 valence electrons. The molecule has 0 saturated heterocycles. The number of aliphatic carboxylic acids is 1. The third-order valence-corrected chi connectivity index (χ3v) is 15.7. The molecule has 4 unspecified atom stereocenters. The maximum atomic E-state index is 13.3. The Balaban J connectivity index is 0.000000280. The lowest BCUT2D eigenvalue weighted by molar-refractivity contribution is -0.139. The minimum atomic E-state index is -4.14. The molecule has 0 fully saturated rings. The topological polar surface area (TPSA) is 229 Å². The van der Waals surface area contributed by atoms with Crippen molar-refractivity contribution in [3.63, 3.8) is 0 Å². The fraction of sp³-hybridized carbons (Fsp3) is 0.250. The molecule has 0 spiro atoms. The molecule has 78 heavy (non-hydrogen) atoms. The summed E-state index contributed by atoms with van der Waals surface area (Å²) in [5.41, 5.74) is 10.6. The second kappa shape index (κ2) is 27.2. The number of carboxylic acid groups (broad SMARTS) is 1. The first-order valence-corrected chi connectivity index (χ1v) is 28.2. The monoisotopic (exact) mass is 1180 g/mol. The third kappa shape index (κ3) is 15.7. The first kappa shape index (κ1) is 62.0. The number of primary amides is 1. The standard InChI is InChI=1S/C27H27Cl2N5O3S.C27H26Cl2N4O4S.2CH4/c1-17(2)24(26(30)35)31-27(33-38(36,37)22-14-12-21(29)13-15-22)34-16-23(18-6-4-3-5-7-18)25(32-34)19-8-10-20(28)11-9-19;1-17(2)24(26(34)35)30-27(32-38(36,37)22-14-12-21(29)13-15-22)33-16-23(18-6-4-3-5-7-18)25(31-33)19-8-10-20(28)11-9-19;;/h3-15,17,23-24H,16H2,1-2H3,(H2,30,35)(H,31,33);3-15,17,23-24H,16H2,1-2H3,(H,30,32)(H,34,35);2*1H4. The predicted octanol–water partition coefficient (Wildman–Crippen LogP) is 11.2. The number of benzene rings is 6. The van der Waals surface area contributed by atoms with Crippen LogP contribution in [0.15, 0.2) is 188 Å². The van der Waals surface area contributed by atoms with Crippen LogP contribution in [0.25, 0.3) is 0 Å².